The van der Waals surface area contributed by atoms with Crippen LogP contribution in [-0.2, 0) is 16.6 Å². The van der Waals surface area contributed by atoms with Crippen molar-refractivity contribution in [3.05, 3.63) is 29.1 Å². The molecule has 2 aromatic heterocycles. The Kier molecular flexibility index (Phi) is 2.80. The number of sulfonamides is 1. The average molecular weight is 244 g/mol. The Labute approximate surface area is 90.5 Å². The molecule has 0 aliphatic rings. The van der Waals surface area contributed by atoms with E-state index in [-0.39, 0.29) is 11.6 Å². The summed E-state index contributed by atoms with van der Waals surface area (Å²) in [6.07, 6.45) is 4.20. The van der Waals surface area contributed by atoms with E-state index in [0.717, 1.165) is 5.01 Å². The van der Waals surface area contributed by atoms with E-state index in [1.165, 1.54) is 23.9 Å². The SMILES string of the molecule is O=S(=O)(NCc1nccs1)c1cnc[nH]1. The van der Waals surface area contributed by atoms with Gasteiger partial charge in [0, 0.05) is 11.6 Å². The van der Waals surface area contributed by atoms with Gasteiger partial charge in [0.25, 0.3) is 10.0 Å². The third kappa shape index (κ3) is 2.41. The van der Waals surface area contributed by atoms with Gasteiger partial charge in [0.05, 0.1) is 19.1 Å². The molecule has 2 rings (SSSR count). The van der Waals surface area contributed by atoms with E-state index < -0.39 is 10.0 Å². The van der Waals surface area contributed by atoms with E-state index in [1.807, 2.05) is 0 Å². The molecule has 0 aliphatic heterocycles. The van der Waals surface area contributed by atoms with Gasteiger partial charge in [0.1, 0.15) is 5.01 Å². The summed E-state index contributed by atoms with van der Waals surface area (Å²) in [7, 11) is -3.49. The van der Waals surface area contributed by atoms with Crippen LogP contribution in [0.1, 0.15) is 5.01 Å². The van der Waals surface area contributed by atoms with E-state index in [4.69, 9.17) is 0 Å². The lowest BCUT2D eigenvalue weighted by atomic mass is 10.7. The normalized spacial score (nSPS) is 11.7. The van der Waals surface area contributed by atoms with Crippen LogP contribution in [0.4, 0.5) is 0 Å². The Morgan fingerprint density at radius 2 is 2.40 bits per heavy atom. The fourth-order valence-corrected chi connectivity index (χ4v) is 2.50. The summed E-state index contributed by atoms with van der Waals surface area (Å²) in [4.78, 5) is 10.1. The van der Waals surface area contributed by atoms with E-state index in [1.54, 1.807) is 11.6 Å². The molecule has 0 atom stereocenters. The van der Waals surface area contributed by atoms with E-state index in [0.29, 0.717) is 0 Å². The van der Waals surface area contributed by atoms with Crippen LogP contribution < -0.4 is 4.72 Å². The molecule has 0 unspecified atom stereocenters. The second kappa shape index (κ2) is 4.09. The molecule has 0 radical (unpaired) electrons. The Bertz CT molecular complexity index is 503. The number of thiazole rings is 1. The molecule has 2 heterocycles. The van der Waals surface area contributed by atoms with Crippen LogP contribution in [0.3, 0.4) is 0 Å². The molecule has 0 fully saturated rings. The summed E-state index contributed by atoms with van der Waals surface area (Å²) in [6, 6.07) is 0. The molecule has 0 saturated heterocycles. The minimum absolute atomic E-state index is 0.0547. The summed E-state index contributed by atoms with van der Waals surface area (Å²) in [5.41, 5.74) is 0. The second-order valence-corrected chi connectivity index (χ2v) is 5.38. The number of H-pyrrole nitrogens is 1. The number of nitrogens with zero attached hydrogens (tertiary/aromatic N) is 2. The Hall–Kier alpha value is -1.25. The highest BCUT2D eigenvalue weighted by Crippen LogP contribution is 2.06. The molecule has 6 nitrogen and oxygen atoms in total. The maximum Gasteiger partial charge on any atom is 0.257 e. The van der Waals surface area contributed by atoms with Crippen LogP contribution in [0.2, 0.25) is 0 Å². The largest absolute Gasteiger partial charge is 0.335 e. The molecule has 0 saturated carbocycles. The lowest BCUT2D eigenvalue weighted by molar-refractivity contribution is 0.578. The Balaban J connectivity index is 2.06. The van der Waals surface area contributed by atoms with Gasteiger partial charge in [-0.2, -0.15) is 0 Å². The molecule has 15 heavy (non-hydrogen) atoms. The van der Waals surface area contributed by atoms with E-state index in [2.05, 4.69) is 19.7 Å². The summed E-state index contributed by atoms with van der Waals surface area (Å²) in [5.74, 6) is 0. The summed E-state index contributed by atoms with van der Waals surface area (Å²) in [6.45, 7) is 0.193. The molecule has 80 valence electrons. The van der Waals surface area contributed by atoms with Gasteiger partial charge >= 0.3 is 0 Å². The number of imidazole rings is 1. The van der Waals surface area contributed by atoms with E-state index >= 15 is 0 Å². The van der Waals surface area contributed by atoms with Gasteiger partial charge in [0.2, 0.25) is 0 Å². The first-order valence-electron chi connectivity index (χ1n) is 4.05. The summed E-state index contributed by atoms with van der Waals surface area (Å²) in [5, 5.41) is 2.57. The second-order valence-electron chi connectivity index (χ2n) is 2.67. The smallest absolute Gasteiger partial charge is 0.257 e. The third-order valence-electron chi connectivity index (χ3n) is 1.66. The zero-order chi connectivity index (χ0) is 10.7. The van der Waals surface area contributed by atoms with Crippen molar-refractivity contribution >= 4 is 21.4 Å². The quantitative estimate of drug-likeness (QED) is 0.812. The monoisotopic (exact) mass is 244 g/mol. The topological polar surface area (TPSA) is 87.7 Å². The fraction of sp³-hybridized carbons (Fsp3) is 0.143. The van der Waals surface area contributed by atoms with Crippen molar-refractivity contribution in [3.63, 3.8) is 0 Å². The number of hydrogen-bond acceptors (Lipinski definition) is 5. The third-order valence-corrected chi connectivity index (χ3v) is 3.77. The lowest BCUT2D eigenvalue weighted by Crippen LogP contribution is -2.23. The summed E-state index contributed by atoms with van der Waals surface area (Å²) < 4.78 is 25.6. The molecule has 0 aliphatic carbocycles. The van der Waals surface area contributed by atoms with E-state index in [9.17, 15) is 8.42 Å². The van der Waals surface area contributed by atoms with Crippen molar-refractivity contribution < 1.29 is 8.42 Å². The van der Waals surface area contributed by atoms with Gasteiger partial charge in [-0.15, -0.1) is 11.3 Å². The zero-order valence-corrected chi connectivity index (χ0v) is 9.18. The first-order chi connectivity index (χ1) is 7.18. The predicted octanol–water partition coefficient (Wildman–Crippen LogP) is 0.345. The molecule has 8 heteroatoms. The first kappa shape index (κ1) is 10.3. The summed E-state index contributed by atoms with van der Waals surface area (Å²) >= 11 is 1.40. The number of aromatic nitrogens is 3. The van der Waals surface area contributed by atoms with Crippen LogP contribution >= 0.6 is 11.3 Å². The van der Waals surface area contributed by atoms with Gasteiger partial charge < -0.3 is 4.98 Å². The Morgan fingerprint density at radius 1 is 1.53 bits per heavy atom. The van der Waals surface area contributed by atoms with Gasteiger partial charge in [-0.05, 0) is 0 Å². The lowest BCUT2D eigenvalue weighted by Gasteiger charge is -2.01. The van der Waals surface area contributed by atoms with Crippen molar-refractivity contribution in [1.82, 2.24) is 19.7 Å². The highest BCUT2D eigenvalue weighted by atomic mass is 32.2. The van der Waals surface area contributed by atoms with Crippen molar-refractivity contribution in [2.75, 3.05) is 0 Å². The average Bonchev–Trinajstić information content (AvgIpc) is 2.88. The van der Waals surface area contributed by atoms with Crippen LogP contribution in [0.25, 0.3) is 0 Å². The highest BCUT2D eigenvalue weighted by Gasteiger charge is 2.15. The molecular formula is C7H8N4O2S2. The number of hydrogen-bond donors (Lipinski definition) is 2. The maximum absolute atomic E-state index is 11.6. The van der Waals surface area contributed by atoms with Crippen LogP contribution in [0, 0.1) is 0 Å². The van der Waals surface area contributed by atoms with Gasteiger partial charge in [0.15, 0.2) is 5.03 Å². The number of aromatic amines is 1. The van der Waals surface area contributed by atoms with Crippen molar-refractivity contribution in [1.29, 1.82) is 0 Å². The number of rotatable bonds is 4. The molecule has 0 bridgehead atoms. The van der Waals surface area contributed by atoms with Crippen LogP contribution in [0.5, 0.6) is 0 Å². The molecule has 0 amide bonds. The van der Waals surface area contributed by atoms with Crippen molar-refractivity contribution in [2.45, 2.75) is 11.6 Å². The zero-order valence-electron chi connectivity index (χ0n) is 7.54. The van der Waals surface area contributed by atoms with Gasteiger partial charge in [-0.1, -0.05) is 0 Å². The molecule has 0 aromatic carbocycles. The molecule has 2 N–H and O–H groups in total. The minimum atomic E-state index is -3.49. The maximum atomic E-state index is 11.6. The molecule has 2 aromatic rings. The van der Waals surface area contributed by atoms with Crippen molar-refractivity contribution in [3.8, 4) is 0 Å². The molecule has 0 spiro atoms. The predicted molar refractivity (Wildman–Crippen MR) is 54.7 cm³/mol. The highest BCUT2D eigenvalue weighted by molar-refractivity contribution is 7.89. The van der Waals surface area contributed by atoms with Gasteiger partial charge in [-0.25, -0.2) is 23.1 Å². The molecular weight excluding hydrogens is 236 g/mol. The van der Waals surface area contributed by atoms with Crippen molar-refractivity contribution in [2.24, 2.45) is 0 Å². The standard InChI is InChI=1S/C7H8N4O2S2/c12-15(13,7-4-8-5-10-7)11-3-6-9-1-2-14-6/h1-2,4-5,11H,3H2,(H,8,10). The minimum Gasteiger partial charge on any atom is -0.335 e. The fourth-order valence-electron chi connectivity index (χ4n) is 0.965. The Morgan fingerprint density at radius 3 is 3.00 bits per heavy atom. The van der Waals surface area contributed by atoms with Crippen LogP contribution in [-0.4, -0.2) is 23.4 Å². The van der Waals surface area contributed by atoms with Gasteiger partial charge in [-0.3, -0.25) is 0 Å². The number of nitrogens with one attached hydrogen (secondary N) is 2. The first-order valence-corrected chi connectivity index (χ1v) is 6.41. The van der Waals surface area contributed by atoms with Crippen LogP contribution in [0.15, 0.2) is 29.1 Å².